The van der Waals surface area contributed by atoms with Gasteiger partial charge in [0, 0.05) is 22.7 Å². The number of primary amides is 1. The summed E-state index contributed by atoms with van der Waals surface area (Å²) in [5.74, 6) is 0.863. The fraction of sp³-hybridized carbons (Fsp3) is 0.160. The van der Waals surface area contributed by atoms with Gasteiger partial charge in [-0.3, -0.25) is 14.9 Å². The molecule has 0 saturated heterocycles. The van der Waals surface area contributed by atoms with Gasteiger partial charge in [0.15, 0.2) is 16.6 Å². The van der Waals surface area contributed by atoms with E-state index in [1.807, 2.05) is 37.3 Å². The van der Waals surface area contributed by atoms with Gasteiger partial charge in [-0.15, -0.1) is 11.3 Å². The maximum atomic E-state index is 12.8. The highest BCUT2D eigenvalue weighted by Crippen LogP contribution is 2.30. The number of H-pyrrole nitrogens is 1. The molecular weight excluding hydrogens is 468 g/mol. The first-order valence-electron chi connectivity index (χ1n) is 10.9. The molecule has 2 heterocycles. The third-order valence-corrected chi connectivity index (χ3v) is 5.59. The highest BCUT2D eigenvalue weighted by Gasteiger charge is 2.15. The van der Waals surface area contributed by atoms with Crippen molar-refractivity contribution in [2.24, 2.45) is 5.73 Å². The van der Waals surface area contributed by atoms with Crippen LogP contribution in [0.2, 0.25) is 0 Å². The van der Waals surface area contributed by atoms with E-state index in [2.05, 4.69) is 15.3 Å². The summed E-state index contributed by atoms with van der Waals surface area (Å²) in [6.45, 7) is 2.96. The molecular formula is C25H24N4O5S. The van der Waals surface area contributed by atoms with Gasteiger partial charge in [0.1, 0.15) is 24.7 Å². The monoisotopic (exact) mass is 492 g/mol. The standard InChI is InChI=1S/C25H24N4O5S/c1-2-32-22-13-16(8-9-21(22)34-11-10-33-18-6-4-3-5-7-18)24(31)29-25-28-20(15-35-25)17-12-19(23(26)30)27-14-17/h3-9,12-15,27H,2,10-11H2,1H3,(H2,26,30)(H,28,29,31). The van der Waals surface area contributed by atoms with Gasteiger partial charge in [-0.25, -0.2) is 4.98 Å². The van der Waals surface area contributed by atoms with Gasteiger partial charge in [0.25, 0.3) is 11.8 Å². The van der Waals surface area contributed by atoms with Crippen LogP contribution in [0.15, 0.2) is 66.2 Å². The second-order valence-corrected chi connectivity index (χ2v) is 8.12. The Hall–Kier alpha value is -4.31. The van der Waals surface area contributed by atoms with Gasteiger partial charge in [-0.2, -0.15) is 0 Å². The fourth-order valence-electron chi connectivity index (χ4n) is 3.18. The molecule has 9 nitrogen and oxygen atoms in total. The number of anilines is 1. The Morgan fingerprint density at radius 1 is 1.03 bits per heavy atom. The lowest BCUT2D eigenvalue weighted by molar-refractivity contribution is 0.0994. The number of nitrogens with two attached hydrogens (primary N) is 1. The van der Waals surface area contributed by atoms with Crippen molar-refractivity contribution in [2.75, 3.05) is 25.1 Å². The lowest BCUT2D eigenvalue weighted by atomic mass is 10.2. The summed E-state index contributed by atoms with van der Waals surface area (Å²) in [7, 11) is 0. The average Bonchev–Trinajstić information content (AvgIpc) is 3.53. The molecule has 4 rings (SSSR count). The summed E-state index contributed by atoms with van der Waals surface area (Å²) in [6.07, 6.45) is 1.64. The Kier molecular flexibility index (Phi) is 7.63. The summed E-state index contributed by atoms with van der Waals surface area (Å²) >= 11 is 1.27. The molecule has 10 heteroatoms. The van der Waals surface area contributed by atoms with Crippen molar-refractivity contribution in [3.63, 3.8) is 0 Å². The van der Waals surface area contributed by atoms with E-state index < -0.39 is 5.91 Å². The van der Waals surface area contributed by atoms with E-state index in [1.165, 1.54) is 11.3 Å². The molecule has 0 bridgehead atoms. The Balaban J connectivity index is 1.38. The minimum absolute atomic E-state index is 0.288. The van der Waals surface area contributed by atoms with Gasteiger partial charge in [-0.05, 0) is 43.3 Å². The number of rotatable bonds is 11. The third kappa shape index (κ3) is 6.18. The summed E-state index contributed by atoms with van der Waals surface area (Å²) in [4.78, 5) is 31.3. The molecule has 0 aliphatic rings. The van der Waals surface area contributed by atoms with Gasteiger partial charge >= 0.3 is 0 Å². The number of amides is 2. The van der Waals surface area contributed by atoms with Crippen molar-refractivity contribution < 1.29 is 23.8 Å². The normalized spacial score (nSPS) is 10.5. The van der Waals surface area contributed by atoms with Crippen molar-refractivity contribution in [1.82, 2.24) is 9.97 Å². The quantitative estimate of drug-likeness (QED) is 0.267. The molecule has 0 unspecified atom stereocenters. The molecule has 0 radical (unpaired) electrons. The number of ether oxygens (including phenoxy) is 3. The number of aromatic amines is 1. The van der Waals surface area contributed by atoms with Gasteiger partial charge in [0.2, 0.25) is 0 Å². The van der Waals surface area contributed by atoms with Crippen LogP contribution in [0.25, 0.3) is 11.3 Å². The first-order valence-corrected chi connectivity index (χ1v) is 11.7. The first kappa shape index (κ1) is 23.8. The highest BCUT2D eigenvalue weighted by atomic mass is 32.1. The smallest absolute Gasteiger partial charge is 0.265 e. The van der Waals surface area contributed by atoms with Crippen molar-refractivity contribution in [3.8, 4) is 28.5 Å². The largest absolute Gasteiger partial charge is 0.490 e. The summed E-state index contributed by atoms with van der Waals surface area (Å²) < 4.78 is 17.1. The number of nitrogens with one attached hydrogen (secondary N) is 2. The number of carbonyl (C=O) groups is 2. The molecule has 2 aromatic heterocycles. The van der Waals surface area contributed by atoms with E-state index in [1.54, 1.807) is 35.8 Å². The highest BCUT2D eigenvalue weighted by molar-refractivity contribution is 7.14. The second kappa shape index (κ2) is 11.2. The van der Waals surface area contributed by atoms with Crippen molar-refractivity contribution in [1.29, 1.82) is 0 Å². The van der Waals surface area contributed by atoms with Crippen LogP contribution in [0.1, 0.15) is 27.8 Å². The van der Waals surface area contributed by atoms with Crippen LogP contribution in [0, 0.1) is 0 Å². The maximum absolute atomic E-state index is 12.8. The molecule has 35 heavy (non-hydrogen) atoms. The zero-order valence-corrected chi connectivity index (χ0v) is 19.8. The van der Waals surface area contributed by atoms with Crippen LogP contribution in [-0.2, 0) is 0 Å². The van der Waals surface area contributed by atoms with Crippen LogP contribution in [-0.4, -0.2) is 41.6 Å². The molecule has 0 aliphatic carbocycles. The number of aromatic nitrogens is 2. The Morgan fingerprint density at radius 3 is 2.57 bits per heavy atom. The topological polar surface area (TPSA) is 129 Å². The van der Waals surface area contributed by atoms with Crippen LogP contribution < -0.4 is 25.3 Å². The number of benzene rings is 2. The molecule has 0 atom stereocenters. The van der Waals surface area contributed by atoms with Crippen LogP contribution in [0.5, 0.6) is 17.2 Å². The molecule has 4 N–H and O–H groups in total. The van der Waals surface area contributed by atoms with E-state index in [0.29, 0.717) is 53.3 Å². The van der Waals surface area contributed by atoms with E-state index in [9.17, 15) is 9.59 Å². The molecule has 2 aromatic carbocycles. The number of hydrogen-bond donors (Lipinski definition) is 3. The molecule has 0 aliphatic heterocycles. The lowest BCUT2D eigenvalue weighted by Gasteiger charge is -2.13. The van der Waals surface area contributed by atoms with Gasteiger partial charge in [0.05, 0.1) is 12.3 Å². The molecule has 2 amide bonds. The van der Waals surface area contributed by atoms with E-state index in [0.717, 1.165) is 5.75 Å². The van der Waals surface area contributed by atoms with Crippen molar-refractivity contribution in [3.05, 3.63) is 77.4 Å². The average molecular weight is 493 g/mol. The minimum atomic E-state index is -0.554. The molecule has 0 saturated carbocycles. The Labute approximate surface area is 205 Å². The molecule has 4 aromatic rings. The van der Waals surface area contributed by atoms with Gasteiger partial charge in [-0.1, -0.05) is 18.2 Å². The Morgan fingerprint density at radius 2 is 1.83 bits per heavy atom. The maximum Gasteiger partial charge on any atom is 0.265 e. The predicted molar refractivity (Wildman–Crippen MR) is 133 cm³/mol. The van der Waals surface area contributed by atoms with Crippen molar-refractivity contribution in [2.45, 2.75) is 6.92 Å². The third-order valence-electron chi connectivity index (χ3n) is 4.83. The molecule has 0 fully saturated rings. The number of hydrogen-bond acceptors (Lipinski definition) is 7. The molecule has 0 spiro atoms. The Bertz CT molecular complexity index is 1300. The lowest BCUT2D eigenvalue weighted by Crippen LogP contribution is -2.13. The first-order chi connectivity index (χ1) is 17.0. The predicted octanol–water partition coefficient (Wildman–Crippen LogP) is 4.35. The van der Waals surface area contributed by atoms with E-state index in [-0.39, 0.29) is 11.6 Å². The van der Waals surface area contributed by atoms with Crippen LogP contribution in [0.3, 0.4) is 0 Å². The van der Waals surface area contributed by atoms with E-state index >= 15 is 0 Å². The zero-order valence-electron chi connectivity index (χ0n) is 18.9. The zero-order chi connectivity index (χ0) is 24.6. The fourth-order valence-corrected chi connectivity index (χ4v) is 3.90. The number of para-hydroxylation sites is 1. The van der Waals surface area contributed by atoms with Crippen LogP contribution >= 0.6 is 11.3 Å². The summed E-state index contributed by atoms with van der Waals surface area (Å²) in [5.41, 5.74) is 7.28. The van der Waals surface area contributed by atoms with E-state index in [4.69, 9.17) is 19.9 Å². The number of carbonyl (C=O) groups excluding carboxylic acids is 2. The number of thiazole rings is 1. The summed E-state index contributed by atoms with van der Waals surface area (Å²) in [5, 5.41) is 4.99. The molecule has 180 valence electrons. The SMILES string of the molecule is CCOc1cc(C(=O)Nc2nc(-c3c[nH]c(C(N)=O)c3)cs2)ccc1OCCOc1ccccc1. The van der Waals surface area contributed by atoms with Crippen molar-refractivity contribution >= 4 is 28.3 Å². The summed E-state index contributed by atoms with van der Waals surface area (Å²) in [6, 6.07) is 16.1. The minimum Gasteiger partial charge on any atom is -0.490 e. The van der Waals surface area contributed by atoms with Gasteiger partial charge < -0.3 is 24.9 Å². The second-order valence-electron chi connectivity index (χ2n) is 7.26. The number of nitrogens with zero attached hydrogens (tertiary/aromatic N) is 1. The van der Waals surface area contributed by atoms with Crippen LogP contribution in [0.4, 0.5) is 5.13 Å².